The molecule has 1 aliphatic carbocycles. The van der Waals surface area contributed by atoms with Gasteiger partial charge in [0.2, 0.25) is 0 Å². The highest BCUT2D eigenvalue weighted by molar-refractivity contribution is 5.78. The SMILES string of the molecule is CN1C=CN(C2c3ccccc3-c3ccccc32)C1. The Morgan fingerprint density at radius 1 is 0.842 bits per heavy atom. The quantitative estimate of drug-likeness (QED) is 0.763. The third-order valence-electron chi connectivity index (χ3n) is 4.03. The molecule has 0 amide bonds. The van der Waals surface area contributed by atoms with E-state index in [4.69, 9.17) is 0 Å². The topological polar surface area (TPSA) is 6.48 Å². The van der Waals surface area contributed by atoms with E-state index in [9.17, 15) is 0 Å². The van der Waals surface area contributed by atoms with Gasteiger partial charge in [0.05, 0.1) is 12.7 Å². The third-order valence-corrected chi connectivity index (χ3v) is 4.03. The molecular formula is C17H16N2. The van der Waals surface area contributed by atoms with Crippen LogP contribution in [0.3, 0.4) is 0 Å². The van der Waals surface area contributed by atoms with Crippen LogP contribution in [0.1, 0.15) is 17.2 Å². The van der Waals surface area contributed by atoms with E-state index in [1.165, 1.54) is 22.3 Å². The van der Waals surface area contributed by atoms with E-state index in [0.29, 0.717) is 6.04 Å². The fraction of sp³-hybridized carbons (Fsp3) is 0.176. The fourth-order valence-corrected chi connectivity index (χ4v) is 3.21. The van der Waals surface area contributed by atoms with Crippen molar-refractivity contribution in [2.75, 3.05) is 13.7 Å². The Kier molecular flexibility index (Phi) is 2.18. The number of benzene rings is 2. The molecule has 4 rings (SSSR count). The Labute approximate surface area is 113 Å². The largest absolute Gasteiger partial charge is 0.362 e. The summed E-state index contributed by atoms with van der Waals surface area (Å²) in [5.41, 5.74) is 5.60. The van der Waals surface area contributed by atoms with E-state index in [2.05, 4.69) is 77.8 Å². The summed E-state index contributed by atoms with van der Waals surface area (Å²) < 4.78 is 0. The highest BCUT2D eigenvalue weighted by atomic mass is 15.3. The van der Waals surface area contributed by atoms with Crippen LogP contribution in [0.15, 0.2) is 60.9 Å². The van der Waals surface area contributed by atoms with Crippen molar-refractivity contribution in [3.63, 3.8) is 0 Å². The van der Waals surface area contributed by atoms with Crippen LogP contribution in [0.4, 0.5) is 0 Å². The van der Waals surface area contributed by atoms with Crippen molar-refractivity contribution in [2.24, 2.45) is 0 Å². The van der Waals surface area contributed by atoms with Crippen LogP contribution >= 0.6 is 0 Å². The van der Waals surface area contributed by atoms with Crippen molar-refractivity contribution in [1.29, 1.82) is 0 Å². The van der Waals surface area contributed by atoms with Crippen molar-refractivity contribution < 1.29 is 0 Å². The summed E-state index contributed by atoms with van der Waals surface area (Å²) in [6, 6.07) is 17.9. The van der Waals surface area contributed by atoms with E-state index in [1.807, 2.05) is 0 Å². The van der Waals surface area contributed by atoms with Gasteiger partial charge in [0.25, 0.3) is 0 Å². The molecule has 0 aromatic heterocycles. The molecule has 2 heteroatoms. The Hall–Kier alpha value is -2.22. The van der Waals surface area contributed by atoms with Crippen LogP contribution in [0.2, 0.25) is 0 Å². The molecule has 2 aliphatic rings. The Morgan fingerprint density at radius 2 is 1.42 bits per heavy atom. The van der Waals surface area contributed by atoms with Crippen molar-refractivity contribution in [1.82, 2.24) is 9.80 Å². The monoisotopic (exact) mass is 248 g/mol. The van der Waals surface area contributed by atoms with E-state index in [1.54, 1.807) is 0 Å². The Bertz CT molecular complexity index is 614. The van der Waals surface area contributed by atoms with Crippen LogP contribution < -0.4 is 0 Å². The normalized spacial score (nSPS) is 16.9. The van der Waals surface area contributed by atoms with Gasteiger partial charge in [-0.3, -0.25) is 0 Å². The lowest BCUT2D eigenvalue weighted by molar-refractivity contribution is 0.260. The number of nitrogens with zero attached hydrogens (tertiary/aromatic N) is 2. The maximum absolute atomic E-state index is 2.41. The van der Waals surface area contributed by atoms with Gasteiger partial charge in [-0.15, -0.1) is 0 Å². The molecule has 0 bridgehead atoms. The maximum Gasteiger partial charge on any atom is 0.0899 e. The summed E-state index contributed by atoms with van der Waals surface area (Å²) in [5, 5.41) is 0. The molecule has 0 atom stereocenters. The standard InChI is InChI=1S/C17H16N2/c1-18-10-11-19(12-18)17-15-8-4-2-6-13(15)14-7-3-5-9-16(14)17/h2-11,17H,12H2,1H3. The average molecular weight is 248 g/mol. The first-order chi connectivity index (χ1) is 9.34. The highest BCUT2D eigenvalue weighted by Gasteiger charge is 2.32. The summed E-state index contributed by atoms with van der Waals surface area (Å²) in [5.74, 6) is 0. The van der Waals surface area contributed by atoms with Gasteiger partial charge in [-0.25, -0.2) is 0 Å². The maximum atomic E-state index is 2.41. The van der Waals surface area contributed by atoms with Gasteiger partial charge in [0.1, 0.15) is 0 Å². The van der Waals surface area contributed by atoms with Gasteiger partial charge in [0, 0.05) is 19.4 Å². The molecule has 0 spiro atoms. The number of fused-ring (bicyclic) bond motifs is 3. The number of hydrogen-bond acceptors (Lipinski definition) is 2. The molecule has 2 aromatic rings. The molecule has 0 N–H and O–H groups in total. The van der Waals surface area contributed by atoms with E-state index < -0.39 is 0 Å². The molecule has 0 radical (unpaired) electrons. The molecule has 0 saturated heterocycles. The molecule has 0 saturated carbocycles. The van der Waals surface area contributed by atoms with Crippen LogP contribution in [0.25, 0.3) is 11.1 Å². The second kappa shape index (κ2) is 3.89. The minimum absolute atomic E-state index is 0.355. The van der Waals surface area contributed by atoms with Gasteiger partial charge in [-0.1, -0.05) is 48.5 Å². The lowest BCUT2D eigenvalue weighted by atomic mass is 10.0. The molecule has 0 unspecified atom stereocenters. The van der Waals surface area contributed by atoms with Crippen LogP contribution in [0, 0.1) is 0 Å². The zero-order valence-corrected chi connectivity index (χ0v) is 11.0. The molecule has 19 heavy (non-hydrogen) atoms. The molecule has 1 aliphatic heterocycles. The van der Waals surface area contributed by atoms with Gasteiger partial charge < -0.3 is 9.80 Å². The van der Waals surface area contributed by atoms with Crippen molar-refractivity contribution >= 4 is 0 Å². The third kappa shape index (κ3) is 1.49. The van der Waals surface area contributed by atoms with Gasteiger partial charge in [-0.2, -0.15) is 0 Å². The van der Waals surface area contributed by atoms with E-state index in [0.717, 1.165) is 6.67 Å². The zero-order chi connectivity index (χ0) is 12.8. The first-order valence-electron chi connectivity index (χ1n) is 6.67. The molecule has 1 heterocycles. The minimum Gasteiger partial charge on any atom is -0.362 e. The predicted octanol–water partition coefficient (Wildman–Crippen LogP) is 3.43. The molecular weight excluding hydrogens is 232 g/mol. The summed E-state index contributed by atoms with van der Waals surface area (Å²) in [6.45, 7) is 0.952. The van der Waals surface area contributed by atoms with Crippen LogP contribution in [0.5, 0.6) is 0 Å². The summed E-state index contributed by atoms with van der Waals surface area (Å²) in [6.07, 6.45) is 4.34. The van der Waals surface area contributed by atoms with Gasteiger partial charge in [0.15, 0.2) is 0 Å². The smallest absolute Gasteiger partial charge is 0.0899 e. The van der Waals surface area contributed by atoms with Crippen molar-refractivity contribution in [2.45, 2.75) is 6.04 Å². The van der Waals surface area contributed by atoms with E-state index in [-0.39, 0.29) is 0 Å². The Balaban J connectivity index is 1.89. The zero-order valence-electron chi connectivity index (χ0n) is 11.0. The van der Waals surface area contributed by atoms with Crippen molar-refractivity contribution in [3.05, 3.63) is 72.1 Å². The van der Waals surface area contributed by atoms with Crippen LogP contribution in [-0.2, 0) is 0 Å². The predicted molar refractivity (Wildman–Crippen MR) is 77.3 cm³/mol. The number of hydrogen-bond donors (Lipinski definition) is 0. The van der Waals surface area contributed by atoms with Crippen LogP contribution in [-0.4, -0.2) is 23.5 Å². The lowest BCUT2D eigenvalue weighted by Gasteiger charge is -2.27. The first kappa shape index (κ1) is 10.7. The van der Waals surface area contributed by atoms with Gasteiger partial charge >= 0.3 is 0 Å². The second-order valence-corrected chi connectivity index (χ2v) is 5.29. The van der Waals surface area contributed by atoms with Crippen molar-refractivity contribution in [3.8, 4) is 11.1 Å². The molecule has 0 fully saturated rings. The van der Waals surface area contributed by atoms with Gasteiger partial charge in [-0.05, 0) is 22.3 Å². The molecule has 2 aromatic carbocycles. The minimum atomic E-state index is 0.355. The molecule has 94 valence electrons. The Morgan fingerprint density at radius 3 is 1.95 bits per heavy atom. The summed E-state index contributed by atoms with van der Waals surface area (Å²) in [7, 11) is 2.11. The summed E-state index contributed by atoms with van der Waals surface area (Å²) in [4.78, 5) is 4.62. The number of rotatable bonds is 1. The fourth-order valence-electron chi connectivity index (χ4n) is 3.21. The lowest BCUT2D eigenvalue weighted by Crippen LogP contribution is -2.26. The summed E-state index contributed by atoms with van der Waals surface area (Å²) >= 11 is 0. The second-order valence-electron chi connectivity index (χ2n) is 5.29. The van der Waals surface area contributed by atoms with E-state index >= 15 is 0 Å². The molecule has 2 nitrogen and oxygen atoms in total. The average Bonchev–Trinajstić information content (AvgIpc) is 3.00. The first-order valence-corrected chi connectivity index (χ1v) is 6.67. The highest BCUT2D eigenvalue weighted by Crippen LogP contribution is 2.46.